The first-order valence-electron chi connectivity index (χ1n) is 9.11. The molecule has 3 aromatic carbocycles. The summed E-state index contributed by atoms with van der Waals surface area (Å²) in [6.45, 7) is 0. The van der Waals surface area contributed by atoms with Crippen LogP contribution in [0.3, 0.4) is 0 Å². The highest BCUT2D eigenvalue weighted by Crippen LogP contribution is 2.38. The molecule has 0 aliphatic rings. The highest BCUT2D eigenvalue weighted by Gasteiger charge is 2.37. The lowest BCUT2D eigenvalue weighted by atomic mass is 10.1. The number of halogens is 6. The predicted octanol–water partition coefficient (Wildman–Crippen LogP) is 6.93. The molecule has 0 fully saturated rings. The lowest BCUT2D eigenvalue weighted by Gasteiger charge is -2.19. The molecule has 3 nitrogen and oxygen atoms in total. The first-order valence-corrected chi connectivity index (χ1v) is 9.11. The molecule has 0 aromatic heterocycles. The summed E-state index contributed by atoms with van der Waals surface area (Å²) in [5.41, 5.74) is -2.97. The topological polar surface area (TPSA) is 40.5 Å². The predicted molar refractivity (Wildman–Crippen MR) is 107 cm³/mol. The average molecular weight is 451 g/mol. The summed E-state index contributed by atoms with van der Waals surface area (Å²) in [5, 5.41) is 9.92. The van der Waals surface area contributed by atoms with Crippen molar-refractivity contribution in [3.8, 4) is 0 Å². The average Bonchev–Trinajstić information content (AvgIpc) is 2.76. The molecule has 0 aliphatic carbocycles. The van der Waals surface area contributed by atoms with Crippen LogP contribution in [0.15, 0.2) is 72.8 Å². The molecule has 0 bridgehead atoms. The van der Waals surface area contributed by atoms with Gasteiger partial charge in [-0.2, -0.15) is 31.4 Å². The molecule has 0 spiro atoms. The van der Waals surface area contributed by atoms with Gasteiger partial charge in [0.05, 0.1) is 16.8 Å². The molecular formula is C23H15F6NO2. The van der Waals surface area contributed by atoms with E-state index >= 15 is 0 Å². The molecule has 0 radical (unpaired) electrons. The molecule has 166 valence electrons. The lowest BCUT2D eigenvalue weighted by molar-refractivity contribution is -0.143. The second kappa shape index (κ2) is 8.88. The van der Waals surface area contributed by atoms with Crippen LogP contribution < -0.4 is 5.06 Å². The van der Waals surface area contributed by atoms with Crippen LogP contribution >= 0.6 is 0 Å². The Bertz CT molecular complexity index is 1100. The largest absolute Gasteiger partial charge is 0.416 e. The molecule has 3 rings (SSSR count). The van der Waals surface area contributed by atoms with E-state index < -0.39 is 35.1 Å². The number of benzene rings is 3. The summed E-state index contributed by atoms with van der Waals surface area (Å²) in [5.74, 6) is -1.19. The number of carbonyl (C=O) groups is 1. The van der Waals surface area contributed by atoms with E-state index in [2.05, 4.69) is 0 Å². The number of hydrogen-bond donors (Lipinski definition) is 1. The minimum Gasteiger partial charge on any atom is -0.281 e. The number of nitrogens with zero attached hydrogens (tertiary/aromatic N) is 1. The van der Waals surface area contributed by atoms with Gasteiger partial charge in [-0.05, 0) is 41.5 Å². The summed E-state index contributed by atoms with van der Waals surface area (Å²) in [6, 6.07) is 15.4. The van der Waals surface area contributed by atoms with E-state index in [1.807, 2.05) is 30.3 Å². The van der Waals surface area contributed by atoms with Crippen LogP contribution in [0, 0.1) is 0 Å². The Hall–Kier alpha value is -3.59. The summed E-state index contributed by atoms with van der Waals surface area (Å²) in [4.78, 5) is 12.6. The number of hydrogen-bond acceptors (Lipinski definition) is 2. The molecular weight excluding hydrogens is 436 g/mol. The molecule has 1 N–H and O–H groups in total. The first kappa shape index (κ1) is 23.1. The Kier molecular flexibility index (Phi) is 6.40. The molecule has 0 atom stereocenters. The number of carbonyl (C=O) groups excluding carboxylic acids is 1. The molecule has 3 aromatic rings. The van der Waals surface area contributed by atoms with Crippen molar-refractivity contribution in [2.45, 2.75) is 12.4 Å². The maximum absolute atomic E-state index is 13.0. The normalized spacial score (nSPS) is 12.2. The van der Waals surface area contributed by atoms with Crippen LogP contribution in [-0.4, -0.2) is 11.1 Å². The molecule has 0 saturated carbocycles. The molecule has 0 heterocycles. The summed E-state index contributed by atoms with van der Waals surface area (Å²) < 4.78 is 78.2. The van der Waals surface area contributed by atoms with Gasteiger partial charge >= 0.3 is 12.4 Å². The Morgan fingerprint density at radius 2 is 1.25 bits per heavy atom. The highest BCUT2D eigenvalue weighted by molar-refractivity contribution is 6.04. The minimum absolute atomic E-state index is 0.0865. The van der Waals surface area contributed by atoms with Crippen molar-refractivity contribution >= 4 is 23.7 Å². The fraction of sp³-hybridized carbons (Fsp3) is 0.0870. The minimum atomic E-state index is -5.11. The zero-order valence-corrected chi connectivity index (χ0v) is 16.2. The highest BCUT2D eigenvalue weighted by atomic mass is 19.4. The van der Waals surface area contributed by atoms with Crippen LogP contribution in [0.4, 0.5) is 32.0 Å². The monoisotopic (exact) mass is 451 g/mol. The van der Waals surface area contributed by atoms with Crippen LogP contribution in [0.5, 0.6) is 0 Å². The standard InChI is InChI=1S/C23H15F6NO2/c24-22(25,26)18-12-19(23(27,28)29)14-20(13-18)30(32)21(31)17-8-4-7-16(11-17)10-9-15-5-2-1-3-6-15/h1-14,32H/b10-9+. The van der Waals surface area contributed by atoms with Gasteiger partial charge in [0.15, 0.2) is 0 Å². The Balaban J connectivity index is 1.92. The van der Waals surface area contributed by atoms with Crippen LogP contribution in [0.25, 0.3) is 12.2 Å². The van der Waals surface area contributed by atoms with Crippen LogP contribution in [0.2, 0.25) is 0 Å². The molecule has 0 unspecified atom stereocenters. The van der Waals surface area contributed by atoms with E-state index in [0.29, 0.717) is 5.56 Å². The van der Waals surface area contributed by atoms with Crippen LogP contribution in [0.1, 0.15) is 32.6 Å². The van der Waals surface area contributed by atoms with Gasteiger partial charge in [-0.25, -0.2) is 0 Å². The van der Waals surface area contributed by atoms with E-state index in [1.165, 1.54) is 18.2 Å². The van der Waals surface area contributed by atoms with E-state index in [4.69, 9.17) is 0 Å². The van der Waals surface area contributed by atoms with Crippen molar-refractivity contribution in [2.24, 2.45) is 0 Å². The van der Waals surface area contributed by atoms with E-state index in [1.54, 1.807) is 18.2 Å². The second-order valence-corrected chi connectivity index (χ2v) is 6.75. The Morgan fingerprint density at radius 1 is 0.719 bits per heavy atom. The maximum Gasteiger partial charge on any atom is 0.416 e. The molecule has 9 heteroatoms. The molecule has 0 aliphatic heterocycles. The van der Waals surface area contributed by atoms with Gasteiger partial charge in [0.1, 0.15) is 0 Å². The first-order chi connectivity index (χ1) is 14.9. The Labute approximate surface area is 178 Å². The molecule has 32 heavy (non-hydrogen) atoms. The van der Waals surface area contributed by atoms with Gasteiger partial charge in [0.2, 0.25) is 0 Å². The second-order valence-electron chi connectivity index (χ2n) is 6.75. The summed E-state index contributed by atoms with van der Waals surface area (Å²) in [6.07, 6.45) is -6.80. The van der Waals surface area contributed by atoms with Gasteiger partial charge in [-0.3, -0.25) is 10.0 Å². The SMILES string of the molecule is O=C(c1cccc(/C=C/c2ccccc2)c1)N(O)c1cc(C(F)(F)F)cc(C(F)(F)F)c1. The molecule has 0 saturated heterocycles. The van der Waals surface area contributed by atoms with Crippen molar-refractivity contribution in [3.05, 3.63) is 101 Å². The van der Waals surface area contributed by atoms with Crippen molar-refractivity contribution in [3.63, 3.8) is 0 Å². The maximum atomic E-state index is 13.0. The third kappa shape index (κ3) is 5.55. The van der Waals surface area contributed by atoms with Crippen LogP contribution in [-0.2, 0) is 12.4 Å². The number of amides is 1. The van der Waals surface area contributed by atoms with Crippen molar-refractivity contribution in [1.82, 2.24) is 0 Å². The van der Waals surface area contributed by atoms with E-state index in [-0.39, 0.29) is 28.8 Å². The zero-order chi connectivity index (χ0) is 23.5. The Morgan fingerprint density at radius 3 is 1.81 bits per heavy atom. The zero-order valence-electron chi connectivity index (χ0n) is 16.2. The van der Waals surface area contributed by atoms with Gasteiger partial charge in [0, 0.05) is 5.56 Å². The van der Waals surface area contributed by atoms with Crippen molar-refractivity contribution < 1.29 is 36.3 Å². The number of hydroxylamine groups is 1. The lowest BCUT2D eigenvalue weighted by Crippen LogP contribution is -2.28. The van der Waals surface area contributed by atoms with Crippen molar-refractivity contribution in [1.29, 1.82) is 0 Å². The van der Waals surface area contributed by atoms with Crippen molar-refractivity contribution in [2.75, 3.05) is 5.06 Å². The van der Waals surface area contributed by atoms with E-state index in [9.17, 15) is 36.3 Å². The third-order valence-electron chi connectivity index (χ3n) is 4.41. The summed E-state index contributed by atoms with van der Waals surface area (Å²) >= 11 is 0. The smallest absolute Gasteiger partial charge is 0.281 e. The summed E-state index contributed by atoms with van der Waals surface area (Å²) in [7, 11) is 0. The van der Waals surface area contributed by atoms with Gasteiger partial charge < -0.3 is 0 Å². The number of alkyl halides is 6. The molecule has 1 amide bonds. The fourth-order valence-electron chi connectivity index (χ4n) is 2.83. The quantitative estimate of drug-likeness (QED) is 0.202. The fourth-order valence-corrected chi connectivity index (χ4v) is 2.83. The van der Waals surface area contributed by atoms with Gasteiger partial charge in [-0.15, -0.1) is 0 Å². The van der Waals surface area contributed by atoms with E-state index in [0.717, 1.165) is 5.56 Å². The number of anilines is 1. The van der Waals surface area contributed by atoms with Gasteiger partial charge in [-0.1, -0.05) is 54.6 Å². The third-order valence-corrected chi connectivity index (χ3v) is 4.41. The van der Waals surface area contributed by atoms with Gasteiger partial charge in [0.25, 0.3) is 5.91 Å². The number of rotatable bonds is 4.